The molecule has 1 N–H and O–H groups in total. The Labute approximate surface area is 166 Å². The van der Waals surface area contributed by atoms with Crippen molar-refractivity contribution >= 4 is 21.8 Å². The Morgan fingerprint density at radius 2 is 2.07 bits per heavy atom. The van der Waals surface area contributed by atoms with Gasteiger partial charge >= 0.3 is 0 Å². The molecule has 1 aromatic heterocycles. The number of aromatic nitrogens is 2. The van der Waals surface area contributed by atoms with Gasteiger partial charge in [-0.25, -0.2) is 0 Å². The molecule has 0 aliphatic carbocycles. The molecule has 0 aliphatic rings. The van der Waals surface area contributed by atoms with Gasteiger partial charge in [-0.2, -0.15) is 4.98 Å². The van der Waals surface area contributed by atoms with Crippen molar-refractivity contribution in [2.24, 2.45) is 0 Å². The second-order valence-corrected chi connectivity index (χ2v) is 6.94. The smallest absolute Gasteiger partial charge is 0.261 e. The van der Waals surface area contributed by atoms with Gasteiger partial charge in [-0.15, -0.1) is 0 Å². The maximum atomic E-state index is 12.5. The van der Waals surface area contributed by atoms with Crippen LogP contribution in [0.4, 0.5) is 0 Å². The second kappa shape index (κ2) is 8.81. The van der Waals surface area contributed by atoms with E-state index >= 15 is 0 Å². The minimum atomic E-state index is -0.585. The lowest BCUT2D eigenvalue weighted by atomic mass is 10.2. The Balaban J connectivity index is 1.60. The van der Waals surface area contributed by atoms with E-state index in [0.717, 1.165) is 15.6 Å². The maximum Gasteiger partial charge on any atom is 0.261 e. The Morgan fingerprint density at radius 3 is 2.81 bits per heavy atom. The first-order valence-corrected chi connectivity index (χ1v) is 9.44. The first-order chi connectivity index (χ1) is 13.1. The third kappa shape index (κ3) is 4.95. The molecule has 1 heterocycles. The molecule has 0 saturated heterocycles. The van der Waals surface area contributed by atoms with Crippen molar-refractivity contribution in [3.63, 3.8) is 0 Å². The van der Waals surface area contributed by atoms with Crippen LogP contribution >= 0.6 is 15.9 Å². The van der Waals surface area contributed by atoms with Gasteiger partial charge in [0.05, 0.1) is 6.54 Å². The number of carbonyl (C=O) groups excluding carboxylic acids is 1. The van der Waals surface area contributed by atoms with Crippen LogP contribution in [0.1, 0.15) is 24.8 Å². The highest BCUT2D eigenvalue weighted by molar-refractivity contribution is 9.10. The second-order valence-electron chi connectivity index (χ2n) is 6.02. The molecule has 7 heteroatoms. The summed E-state index contributed by atoms with van der Waals surface area (Å²) < 4.78 is 12.0. The van der Waals surface area contributed by atoms with Crippen LogP contribution in [0, 0.1) is 6.92 Å². The quantitative estimate of drug-likeness (QED) is 0.606. The van der Waals surface area contributed by atoms with Crippen molar-refractivity contribution in [1.82, 2.24) is 15.5 Å². The fourth-order valence-corrected chi connectivity index (χ4v) is 2.91. The first kappa shape index (κ1) is 19.1. The zero-order valence-corrected chi connectivity index (χ0v) is 16.7. The highest BCUT2D eigenvalue weighted by Gasteiger charge is 2.20. The fourth-order valence-electron chi connectivity index (χ4n) is 2.51. The average Bonchev–Trinajstić information content (AvgIpc) is 3.14. The van der Waals surface area contributed by atoms with Crippen LogP contribution in [0.3, 0.4) is 0 Å². The van der Waals surface area contributed by atoms with Gasteiger partial charge in [0.25, 0.3) is 5.91 Å². The Morgan fingerprint density at radius 1 is 1.26 bits per heavy atom. The van der Waals surface area contributed by atoms with Crippen molar-refractivity contribution in [3.8, 4) is 17.1 Å². The van der Waals surface area contributed by atoms with Crippen molar-refractivity contribution in [3.05, 3.63) is 64.5 Å². The highest BCUT2D eigenvalue weighted by Crippen LogP contribution is 2.21. The summed E-state index contributed by atoms with van der Waals surface area (Å²) in [5.74, 6) is 1.30. The number of hydrogen-bond acceptors (Lipinski definition) is 5. The average molecular weight is 430 g/mol. The van der Waals surface area contributed by atoms with Crippen LogP contribution in [-0.4, -0.2) is 22.2 Å². The summed E-state index contributed by atoms with van der Waals surface area (Å²) in [4.78, 5) is 16.8. The van der Waals surface area contributed by atoms with Gasteiger partial charge in [0, 0.05) is 10.0 Å². The van der Waals surface area contributed by atoms with Crippen LogP contribution in [0.15, 0.2) is 57.5 Å². The number of hydrogen-bond donors (Lipinski definition) is 1. The van der Waals surface area contributed by atoms with Gasteiger partial charge in [-0.05, 0) is 37.1 Å². The van der Waals surface area contributed by atoms with E-state index in [4.69, 9.17) is 9.26 Å². The summed E-state index contributed by atoms with van der Waals surface area (Å²) in [6, 6.07) is 15.2. The molecule has 27 heavy (non-hydrogen) atoms. The first-order valence-electron chi connectivity index (χ1n) is 8.65. The standard InChI is InChI=1S/C20H20BrN3O3/c1-3-16(26-17-10-5-4-7-13(17)2)20(25)22-12-18-23-19(24-27-18)14-8-6-9-15(21)11-14/h4-11,16H,3,12H2,1-2H3,(H,22,25)/t16-/m0/s1. The third-order valence-corrected chi connectivity index (χ3v) is 4.48. The molecule has 1 atom stereocenters. The van der Waals surface area contributed by atoms with E-state index in [2.05, 4.69) is 31.4 Å². The molecular formula is C20H20BrN3O3. The molecule has 0 radical (unpaired) electrons. The van der Waals surface area contributed by atoms with E-state index in [1.807, 2.05) is 62.4 Å². The van der Waals surface area contributed by atoms with Crippen LogP contribution in [0.25, 0.3) is 11.4 Å². The summed E-state index contributed by atoms with van der Waals surface area (Å²) in [6.07, 6.45) is -0.0358. The molecule has 0 aliphatic heterocycles. The van der Waals surface area contributed by atoms with E-state index in [9.17, 15) is 4.79 Å². The zero-order valence-electron chi connectivity index (χ0n) is 15.1. The molecule has 2 aromatic carbocycles. The van der Waals surface area contributed by atoms with E-state index < -0.39 is 6.10 Å². The van der Waals surface area contributed by atoms with Gasteiger partial charge in [-0.3, -0.25) is 4.79 Å². The minimum Gasteiger partial charge on any atom is -0.480 e. The molecule has 0 unspecified atom stereocenters. The number of nitrogens with one attached hydrogen (secondary N) is 1. The molecule has 0 bridgehead atoms. The fraction of sp³-hybridized carbons (Fsp3) is 0.250. The molecule has 6 nitrogen and oxygen atoms in total. The van der Waals surface area contributed by atoms with E-state index in [1.165, 1.54) is 0 Å². The normalized spacial score (nSPS) is 11.8. The Bertz CT molecular complexity index is 926. The van der Waals surface area contributed by atoms with E-state index in [0.29, 0.717) is 23.9 Å². The lowest BCUT2D eigenvalue weighted by Gasteiger charge is -2.18. The minimum absolute atomic E-state index is 0.146. The number of aryl methyl sites for hydroxylation is 1. The number of ether oxygens (including phenoxy) is 1. The van der Waals surface area contributed by atoms with Gasteiger partial charge in [0.1, 0.15) is 5.75 Å². The van der Waals surface area contributed by atoms with Gasteiger partial charge in [-0.1, -0.05) is 58.3 Å². The van der Waals surface area contributed by atoms with Gasteiger partial charge < -0.3 is 14.6 Å². The third-order valence-electron chi connectivity index (χ3n) is 3.99. The molecule has 140 valence electrons. The summed E-state index contributed by atoms with van der Waals surface area (Å²) in [5.41, 5.74) is 1.82. The van der Waals surface area contributed by atoms with Crippen LogP contribution in [-0.2, 0) is 11.3 Å². The summed E-state index contributed by atoms with van der Waals surface area (Å²) in [6.45, 7) is 4.00. The van der Waals surface area contributed by atoms with Crippen molar-refractivity contribution < 1.29 is 14.1 Å². The molecular weight excluding hydrogens is 410 g/mol. The van der Waals surface area contributed by atoms with Crippen LogP contribution in [0.5, 0.6) is 5.75 Å². The van der Waals surface area contributed by atoms with Crippen molar-refractivity contribution in [2.75, 3.05) is 0 Å². The predicted octanol–water partition coefficient (Wildman–Crippen LogP) is 4.28. The highest BCUT2D eigenvalue weighted by atomic mass is 79.9. The summed E-state index contributed by atoms with van der Waals surface area (Å²) >= 11 is 3.41. The summed E-state index contributed by atoms with van der Waals surface area (Å²) in [5, 5.41) is 6.76. The molecule has 3 aromatic rings. The van der Waals surface area contributed by atoms with E-state index in [1.54, 1.807) is 0 Å². The largest absolute Gasteiger partial charge is 0.480 e. The molecule has 0 fully saturated rings. The lowest BCUT2D eigenvalue weighted by molar-refractivity contribution is -0.128. The van der Waals surface area contributed by atoms with Gasteiger partial charge in [0.15, 0.2) is 6.10 Å². The van der Waals surface area contributed by atoms with Crippen molar-refractivity contribution in [1.29, 1.82) is 0 Å². The van der Waals surface area contributed by atoms with Crippen molar-refractivity contribution in [2.45, 2.75) is 32.9 Å². The maximum absolute atomic E-state index is 12.5. The number of nitrogens with zero attached hydrogens (tertiary/aromatic N) is 2. The number of halogens is 1. The summed E-state index contributed by atoms with van der Waals surface area (Å²) in [7, 11) is 0. The van der Waals surface area contributed by atoms with Crippen LogP contribution in [0.2, 0.25) is 0 Å². The van der Waals surface area contributed by atoms with E-state index in [-0.39, 0.29) is 12.5 Å². The zero-order chi connectivity index (χ0) is 19.2. The Hall–Kier alpha value is -2.67. The molecule has 1 amide bonds. The topological polar surface area (TPSA) is 77.2 Å². The molecule has 0 saturated carbocycles. The number of carbonyl (C=O) groups is 1. The van der Waals surface area contributed by atoms with Crippen LogP contribution < -0.4 is 10.1 Å². The lowest BCUT2D eigenvalue weighted by Crippen LogP contribution is -2.37. The number of rotatable bonds is 7. The number of para-hydroxylation sites is 1. The predicted molar refractivity (Wildman–Crippen MR) is 105 cm³/mol. The van der Waals surface area contributed by atoms with Gasteiger partial charge in [0.2, 0.25) is 11.7 Å². The number of amides is 1. The molecule has 0 spiro atoms. The Kier molecular flexibility index (Phi) is 6.24. The SMILES string of the molecule is CC[C@H](Oc1ccccc1C)C(=O)NCc1nc(-c2cccc(Br)c2)no1. The number of benzene rings is 2. The monoisotopic (exact) mass is 429 g/mol. The molecule has 3 rings (SSSR count).